The van der Waals surface area contributed by atoms with E-state index in [0.717, 1.165) is 17.1 Å². The van der Waals surface area contributed by atoms with E-state index in [-0.39, 0.29) is 6.04 Å². The molecule has 102 valence electrons. The zero-order valence-corrected chi connectivity index (χ0v) is 11.9. The second kappa shape index (κ2) is 6.44. The third-order valence-electron chi connectivity index (χ3n) is 2.57. The molecule has 0 aliphatic carbocycles. The molecule has 0 aromatic carbocycles. The molecular formula is C12H16N4O2S. The standard InChI is InChI=1S/C12H16N4O2S/c1-4-14-10(8-5-13-7-19-8)11-12(18-3)16-9(17-2)6-15-11/h5-7,10,14H,4H2,1-3H3. The zero-order chi connectivity index (χ0) is 13.7. The van der Waals surface area contributed by atoms with Crippen molar-refractivity contribution < 1.29 is 9.47 Å². The van der Waals surface area contributed by atoms with Crippen molar-refractivity contribution in [2.45, 2.75) is 13.0 Å². The Morgan fingerprint density at radius 1 is 1.32 bits per heavy atom. The maximum Gasteiger partial charge on any atom is 0.240 e. The van der Waals surface area contributed by atoms with Crippen LogP contribution in [0.3, 0.4) is 0 Å². The summed E-state index contributed by atoms with van der Waals surface area (Å²) in [7, 11) is 3.12. The number of hydrogen-bond acceptors (Lipinski definition) is 7. The molecule has 2 aromatic heterocycles. The smallest absolute Gasteiger partial charge is 0.240 e. The van der Waals surface area contributed by atoms with Gasteiger partial charge in [0.05, 0.1) is 32.0 Å². The quantitative estimate of drug-likeness (QED) is 0.867. The number of thiazole rings is 1. The van der Waals surface area contributed by atoms with Crippen molar-refractivity contribution >= 4 is 11.3 Å². The van der Waals surface area contributed by atoms with Gasteiger partial charge in [-0.3, -0.25) is 4.98 Å². The van der Waals surface area contributed by atoms with Crippen LogP contribution in [0.5, 0.6) is 11.8 Å². The number of hydrogen-bond donors (Lipinski definition) is 1. The predicted octanol–water partition coefficient (Wildman–Crippen LogP) is 1.65. The van der Waals surface area contributed by atoms with Gasteiger partial charge in [0.15, 0.2) is 0 Å². The molecular weight excluding hydrogens is 264 g/mol. The molecule has 6 nitrogen and oxygen atoms in total. The Labute approximate surface area is 115 Å². The zero-order valence-electron chi connectivity index (χ0n) is 11.1. The second-order valence-corrected chi connectivity index (χ2v) is 4.62. The lowest BCUT2D eigenvalue weighted by atomic mass is 10.2. The molecule has 0 saturated heterocycles. The van der Waals surface area contributed by atoms with Crippen LogP contribution in [0.1, 0.15) is 23.5 Å². The summed E-state index contributed by atoms with van der Waals surface area (Å²) in [4.78, 5) is 13.8. The molecule has 7 heteroatoms. The summed E-state index contributed by atoms with van der Waals surface area (Å²) in [5.41, 5.74) is 2.53. The Morgan fingerprint density at radius 2 is 2.16 bits per heavy atom. The van der Waals surface area contributed by atoms with Crippen molar-refractivity contribution in [2.75, 3.05) is 20.8 Å². The highest BCUT2D eigenvalue weighted by Crippen LogP contribution is 2.29. The third kappa shape index (κ3) is 2.99. The lowest BCUT2D eigenvalue weighted by Gasteiger charge is -2.17. The fourth-order valence-electron chi connectivity index (χ4n) is 1.72. The van der Waals surface area contributed by atoms with Crippen molar-refractivity contribution in [3.05, 3.63) is 28.5 Å². The molecule has 2 heterocycles. The average Bonchev–Trinajstić information content (AvgIpc) is 2.98. The van der Waals surface area contributed by atoms with Crippen LogP contribution in [-0.4, -0.2) is 35.7 Å². The number of nitrogens with zero attached hydrogens (tertiary/aromatic N) is 3. The number of aromatic nitrogens is 3. The van der Waals surface area contributed by atoms with Gasteiger partial charge in [0, 0.05) is 11.1 Å². The Morgan fingerprint density at radius 3 is 2.74 bits per heavy atom. The van der Waals surface area contributed by atoms with Crippen LogP contribution in [-0.2, 0) is 0 Å². The molecule has 0 aliphatic heterocycles. The average molecular weight is 280 g/mol. The van der Waals surface area contributed by atoms with E-state index in [4.69, 9.17) is 9.47 Å². The minimum atomic E-state index is -0.0779. The summed E-state index contributed by atoms with van der Waals surface area (Å²) in [6, 6.07) is -0.0779. The largest absolute Gasteiger partial charge is 0.480 e. The predicted molar refractivity (Wildman–Crippen MR) is 72.8 cm³/mol. The van der Waals surface area contributed by atoms with Crippen molar-refractivity contribution in [3.8, 4) is 11.8 Å². The van der Waals surface area contributed by atoms with Crippen LogP contribution in [0, 0.1) is 0 Å². The van der Waals surface area contributed by atoms with Gasteiger partial charge < -0.3 is 14.8 Å². The van der Waals surface area contributed by atoms with Gasteiger partial charge in [0.25, 0.3) is 0 Å². The van der Waals surface area contributed by atoms with Crippen molar-refractivity contribution in [1.29, 1.82) is 0 Å². The normalized spacial score (nSPS) is 12.2. The topological polar surface area (TPSA) is 69.2 Å². The van der Waals surface area contributed by atoms with Gasteiger partial charge in [0.1, 0.15) is 5.69 Å². The third-order valence-corrected chi connectivity index (χ3v) is 3.41. The fraction of sp³-hybridized carbons (Fsp3) is 0.417. The van der Waals surface area contributed by atoms with E-state index in [1.54, 1.807) is 37.3 Å². The highest BCUT2D eigenvalue weighted by atomic mass is 32.1. The van der Waals surface area contributed by atoms with Crippen LogP contribution in [0.25, 0.3) is 0 Å². The molecule has 0 bridgehead atoms. The van der Waals surface area contributed by atoms with Gasteiger partial charge in [-0.15, -0.1) is 11.3 Å². The lowest BCUT2D eigenvalue weighted by molar-refractivity contribution is 0.353. The first-order valence-corrected chi connectivity index (χ1v) is 6.74. The van der Waals surface area contributed by atoms with E-state index in [1.807, 2.05) is 13.1 Å². The summed E-state index contributed by atoms with van der Waals surface area (Å²) < 4.78 is 10.4. The number of rotatable bonds is 6. The van der Waals surface area contributed by atoms with E-state index in [2.05, 4.69) is 20.3 Å². The molecule has 2 aromatic rings. The van der Waals surface area contributed by atoms with Gasteiger partial charge in [0.2, 0.25) is 11.8 Å². The molecule has 1 unspecified atom stereocenters. The van der Waals surface area contributed by atoms with Crippen LogP contribution in [0.15, 0.2) is 17.9 Å². The number of nitrogens with one attached hydrogen (secondary N) is 1. The van der Waals surface area contributed by atoms with Crippen LogP contribution in [0.4, 0.5) is 0 Å². The highest BCUT2D eigenvalue weighted by Gasteiger charge is 2.22. The molecule has 1 atom stereocenters. The fourth-order valence-corrected chi connectivity index (χ4v) is 2.41. The van der Waals surface area contributed by atoms with Gasteiger partial charge in [-0.05, 0) is 6.54 Å². The number of ether oxygens (including phenoxy) is 2. The van der Waals surface area contributed by atoms with Gasteiger partial charge in [-0.2, -0.15) is 4.98 Å². The van der Waals surface area contributed by atoms with Crippen LogP contribution < -0.4 is 14.8 Å². The Bertz CT molecular complexity index is 518. The molecule has 19 heavy (non-hydrogen) atoms. The van der Waals surface area contributed by atoms with Crippen LogP contribution >= 0.6 is 11.3 Å². The lowest BCUT2D eigenvalue weighted by Crippen LogP contribution is -2.23. The summed E-state index contributed by atoms with van der Waals surface area (Å²) in [5, 5.41) is 3.36. The molecule has 2 rings (SSSR count). The van der Waals surface area contributed by atoms with E-state index >= 15 is 0 Å². The Kier molecular flexibility index (Phi) is 4.64. The number of methoxy groups -OCH3 is 2. The molecule has 0 saturated carbocycles. The molecule has 0 radical (unpaired) electrons. The SMILES string of the molecule is CCNC(c1cncs1)c1ncc(OC)nc1OC. The second-order valence-electron chi connectivity index (χ2n) is 3.70. The van der Waals surface area contributed by atoms with Crippen molar-refractivity contribution in [2.24, 2.45) is 0 Å². The minimum Gasteiger partial charge on any atom is -0.480 e. The first-order valence-electron chi connectivity index (χ1n) is 5.86. The first kappa shape index (κ1) is 13.7. The summed E-state index contributed by atoms with van der Waals surface area (Å²) in [5.74, 6) is 0.888. The monoisotopic (exact) mass is 280 g/mol. The Balaban J connectivity index is 2.41. The first-order chi connectivity index (χ1) is 9.30. The molecule has 0 aliphatic rings. The van der Waals surface area contributed by atoms with E-state index < -0.39 is 0 Å². The van der Waals surface area contributed by atoms with Gasteiger partial charge >= 0.3 is 0 Å². The molecule has 0 amide bonds. The van der Waals surface area contributed by atoms with Crippen molar-refractivity contribution in [3.63, 3.8) is 0 Å². The summed E-state index contributed by atoms with van der Waals surface area (Å²) >= 11 is 1.57. The summed E-state index contributed by atoms with van der Waals surface area (Å²) in [6.45, 7) is 2.84. The van der Waals surface area contributed by atoms with E-state index in [9.17, 15) is 0 Å². The van der Waals surface area contributed by atoms with Gasteiger partial charge in [-0.1, -0.05) is 6.92 Å². The highest BCUT2D eigenvalue weighted by molar-refractivity contribution is 7.09. The summed E-state index contributed by atoms with van der Waals surface area (Å²) in [6.07, 6.45) is 3.41. The maximum absolute atomic E-state index is 5.30. The van der Waals surface area contributed by atoms with E-state index in [1.165, 1.54) is 0 Å². The molecule has 0 spiro atoms. The molecule has 0 fully saturated rings. The van der Waals surface area contributed by atoms with Gasteiger partial charge in [-0.25, -0.2) is 4.98 Å². The Hall–Kier alpha value is -1.73. The van der Waals surface area contributed by atoms with Crippen LogP contribution in [0.2, 0.25) is 0 Å². The maximum atomic E-state index is 5.30. The van der Waals surface area contributed by atoms with E-state index in [0.29, 0.717) is 11.8 Å². The minimum absolute atomic E-state index is 0.0779. The molecule has 1 N–H and O–H groups in total. The van der Waals surface area contributed by atoms with Crippen molar-refractivity contribution in [1.82, 2.24) is 20.3 Å².